The zero-order valence-corrected chi connectivity index (χ0v) is 19.2. The number of nitrogens with one attached hydrogen (secondary N) is 1. The van der Waals surface area contributed by atoms with Gasteiger partial charge >= 0.3 is 5.97 Å². The predicted molar refractivity (Wildman–Crippen MR) is 127 cm³/mol. The van der Waals surface area contributed by atoms with E-state index in [1.807, 2.05) is 38.1 Å². The Morgan fingerprint density at radius 2 is 2.10 bits per heavy atom. The van der Waals surface area contributed by atoms with Crippen LogP contribution in [0.2, 0.25) is 0 Å². The Bertz CT molecular complexity index is 1070. The summed E-state index contributed by atoms with van der Waals surface area (Å²) in [5.74, 6) is -0.464. The Hall–Kier alpha value is -2.80. The zero-order valence-electron chi connectivity index (χ0n) is 18.4. The molecular formula is C24H29N3O3S. The van der Waals surface area contributed by atoms with Crippen molar-refractivity contribution in [3.8, 4) is 0 Å². The molecule has 7 heteroatoms. The van der Waals surface area contributed by atoms with Crippen molar-refractivity contribution in [2.24, 2.45) is 0 Å². The van der Waals surface area contributed by atoms with Gasteiger partial charge < -0.3 is 10.4 Å². The fourth-order valence-corrected chi connectivity index (χ4v) is 4.86. The standard InChI is InChI=1S/C24H29N3O3S/c1-5-15(3)22(17-10-8-7-9-11-17)31-20(6-2)16(4)26-18-14-25-21-13-12-19(24(29)30)27(21)23(18)28/h6-11,14,16,19,26H,5,12-13H2,1-4H3,(H,29,30)/b20-6-,22-15?. The molecule has 6 nitrogen and oxygen atoms in total. The Balaban J connectivity index is 1.86. The van der Waals surface area contributed by atoms with E-state index in [1.165, 1.54) is 26.8 Å². The molecular weight excluding hydrogens is 410 g/mol. The van der Waals surface area contributed by atoms with E-state index in [1.54, 1.807) is 11.8 Å². The van der Waals surface area contributed by atoms with Crippen LogP contribution in [0.4, 0.5) is 5.69 Å². The van der Waals surface area contributed by atoms with Gasteiger partial charge in [-0.15, -0.1) is 0 Å². The summed E-state index contributed by atoms with van der Waals surface area (Å²) in [6.07, 6.45) is 5.42. The van der Waals surface area contributed by atoms with Gasteiger partial charge in [0.2, 0.25) is 0 Å². The lowest BCUT2D eigenvalue weighted by Crippen LogP contribution is -2.32. The number of allylic oxidation sites excluding steroid dienone is 2. The number of aliphatic carboxylic acids is 1. The Labute approximate surface area is 187 Å². The molecule has 0 aliphatic carbocycles. The van der Waals surface area contributed by atoms with Gasteiger partial charge in [0.25, 0.3) is 5.56 Å². The smallest absolute Gasteiger partial charge is 0.326 e. The number of thioether (sulfide) groups is 1. The quantitative estimate of drug-likeness (QED) is 0.596. The second-order valence-electron chi connectivity index (χ2n) is 7.64. The molecule has 0 spiro atoms. The van der Waals surface area contributed by atoms with E-state index in [4.69, 9.17) is 0 Å². The Morgan fingerprint density at radius 1 is 1.39 bits per heavy atom. The first-order valence-corrected chi connectivity index (χ1v) is 11.4. The average Bonchev–Trinajstić information content (AvgIpc) is 3.22. The number of aryl methyl sites for hydroxylation is 1. The van der Waals surface area contributed by atoms with Crippen LogP contribution in [0.3, 0.4) is 0 Å². The van der Waals surface area contributed by atoms with Gasteiger partial charge in [-0.3, -0.25) is 9.36 Å². The van der Waals surface area contributed by atoms with Crippen LogP contribution in [0.5, 0.6) is 0 Å². The molecule has 2 N–H and O–H groups in total. The fraction of sp³-hybridized carbons (Fsp3) is 0.375. The van der Waals surface area contributed by atoms with Crippen molar-refractivity contribution in [2.75, 3.05) is 5.32 Å². The maximum absolute atomic E-state index is 13.0. The van der Waals surface area contributed by atoms with Crippen LogP contribution in [0.1, 0.15) is 58.0 Å². The highest BCUT2D eigenvalue weighted by molar-refractivity contribution is 8.11. The molecule has 0 radical (unpaired) electrons. The molecule has 2 atom stereocenters. The molecule has 31 heavy (non-hydrogen) atoms. The summed E-state index contributed by atoms with van der Waals surface area (Å²) in [5, 5.41) is 12.7. The third-order valence-electron chi connectivity index (χ3n) is 5.57. The van der Waals surface area contributed by atoms with E-state index in [0.717, 1.165) is 11.3 Å². The van der Waals surface area contributed by atoms with Crippen LogP contribution in [-0.4, -0.2) is 26.7 Å². The molecule has 2 unspecified atom stereocenters. The van der Waals surface area contributed by atoms with E-state index < -0.39 is 12.0 Å². The monoisotopic (exact) mass is 439 g/mol. The number of fused-ring (bicyclic) bond motifs is 1. The van der Waals surface area contributed by atoms with Gasteiger partial charge in [-0.05, 0) is 39.2 Å². The molecule has 0 saturated carbocycles. The van der Waals surface area contributed by atoms with E-state index in [-0.39, 0.29) is 11.6 Å². The van der Waals surface area contributed by atoms with Crippen LogP contribution < -0.4 is 10.9 Å². The lowest BCUT2D eigenvalue weighted by Gasteiger charge is -2.21. The van der Waals surface area contributed by atoms with Gasteiger partial charge in [0.1, 0.15) is 17.6 Å². The van der Waals surface area contributed by atoms with Crippen molar-refractivity contribution in [3.05, 3.63) is 74.8 Å². The number of hydrogen-bond acceptors (Lipinski definition) is 5. The van der Waals surface area contributed by atoms with Crippen molar-refractivity contribution in [1.29, 1.82) is 0 Å². The number of carboxylic acid groups (broad SMARTS) is 1. The van der Waals surface area contributed by atoms with E-state index in [2.05, 4.69) is 36.3 Å². The summed E-state index contributed by atoms with van der Waals surface area (Å²) in [6.45, 7) is 8.27. The molecule has 1 aromatic heterocycles. The summed E-state index contributed by atoms with van der Waals surface area (Å²) < 4.78 is 1.32. The molecule has 164 valence electrons. The minimum atomic E-state index is -0.995. The first-order valence-electron chi connectivity index (χ1n) is 10.6. The summed E-state index contributed by atoms with van der Waals surface area (Å²) in [5.41, 5.74) is 2.46. The fourth-order valence-electron chi connectivity index (χ4n) is 3.70. The number of carbonyl (C=O) groups is 1. The molecule has 2 heterocycles. The number of hydrogen-bond donors (Lipinski definition) is 2. The maximum atomic E-state index is 13.0. The predicted octanol–water partition coefficient (Wildman–Crippen LogP) is 5.09. The number of rotatable bonds is 8. The number of nitrogens with zero attached hydrogens (tertiary/aromatic N) is 2. The van der Waals surface area contributed by atoms with Crippen molar-refractivity contribution in [2.45, 2.75) is 59.0 Å². The molecule has 3 rings (SSSR count). The third-order valence-corrected chi connectivity index (χ3v) is 7.18. The van der Waals surface area contributed by atoms with Crippen LogP contribution in [0.25, 0.3) is 4.91 Å². The van der Waals surface area contributed by atoms with Gasteiger partial charge in [-0.1, -0.05) is 60.7 Å². The Morgan fingerprint density at radius 3 is 2.71 bits per heavy atom. The molecule has 1 aromatic carbocycles. The molecule has 1 aliphatic rings. The molecule has 0 bridgehead atoms. The van der Waals surface area contributed by atoms with Crippen molar-refractivity contribution in [1.82, 2.24) is 9.55 Å². The second-order valence-corrected chi connectivity index (χ2v) is 8.73. The molecule has 0 saturated heterocycles. The summed E-state index contributed by atoms with van der Waals surface area (Å²) >= 11 is 1.69. The van der Waals surface area contributed by atoms with Gasteiger partial charge in [0.15, 0.2) is 0 Å². The molecule has 1 aliphatic heterocycles. The highest BCUT2D eigenvalue weighted by atomic mass is 32.2. The van der Waals surface area contributed by atoms with Crippen LogP contribution in [-0.2, 0) is 11.2 Å². The van der Waals surface area contributed by atoms with E-state index >= 15 is 0 Å². The van der Waals surface area contributed by atoms with Crippen LogP contribution in [0.15, 0.2) is 57.9 Å². The highest BCUT2D eigenvalue weighted by Crippen LogP contribution is 2.38. The summed E-state index contributed by atoms with van der Waals surface area (Å²) in [4.78, 5) is 31.1. The second kappa shape index (κ2) is 10.0. The first kappa shape index (κ1) is 22.9. The first-order chi connectivity index (χ1) is 14.9. The van der Waals surface area contributed by atoms with Crippen molar-refractivity contribution >= 4 is 28.3 Å². The van der Waals surface area contributed by atoms with E-state index in [0.29, 0.717) is 24.4 Å². The lowest BCUT2D eigenvalue weighted by molar-refractivity contribution is -0.140. The van der Waals surface area contributed by atoms with Crippen LogP contribution >= 0.6 is 11.8 Å². The molecule has 2 aromatic rings. The SMILES string of the molecule is C/C=C(\SC(=C(C)CC)c1ccccc1)C(C)Nc1cnc2n(c1=O)C(C(=O)O)CC2. The molecule has 0 fully saturated rings. The number of carboxylic acids is 1. The normalized spacial score (nSPS) is 17.7. The van der Waals surface area contributed by atoms with Crippen molar-refractivity contribution in [3.63, 3.8) is 0 Å². The van der Waals surface area contributed by atoms with Gasteiger partial charge in [-0.25, -0.2) is 9.78 Å². The summed E-state index contributed by atoms with van der Waals surface area (Å²) in [6, 6.07) is 9.30. The van der Waals surface area contributed by atoms with Gasteiger partial charge in [-0.2, -0.15) is 0 Å². The van der Waals surface area contributed by atoms with Crippen molar-refractivity contribution < 1.29 is 9.90 Å². The maximum Gasteiger partial charge on any atom is 0.326 e. The lowest BCUT2D eigenvalue weighted by atomic mass is 10.1. The largest absolute Gasteiger partial charge is 0.480 e. The van der Waals surface area contributed by atoms with Gasteiger partial charge in [0, 0.05) is 16.2 Å². The Kier molecular flexibility index (Phi) is 7.38. The summed E-state index contributed by atoms with van der Waals surface area (Å²) in [7, 11) is 0. The topological polar surface area (TPSA) is 84.2 Å². The van der Waals surface area contributed by atoms with Crippen LogP contribution in [0, 0.1) is 0 Å². The number of anilines is 1. The highest BCUT2D eigenvalue weighted by Gasteiger charge is 2.31. The third kappa shape index (κ3) is 4.93. The number of aromatic nitrogens is 2. The van der Waals surface area contributed by atoms with Gasteiger partial charge in [0.05, 0.1) is 12.2 Å². The van der Waals surface area contributed by atoms with E-state index in [9.17, 15) is 14.7 Å². The molecule has 0 amide bonds. The minimum Gasteiger partial charge on any atom is -0.480 e. The minimum absolute atomic E-state index is 0.142. The number of benzene rings is 1. The average molecular weight is 440 g/mol. The zero-order chi connectivity index (χ0) is 22.5.